The van der Waals surface area contributed by atoms with Crippen LogP contribution in [0.2, 0.25) is 0 Å². The minimum absolute atomic E-state index is 0.0476. The Morgan fingerprint density at radius 3 is 1.56 bits per heavy atom. The number of hydrogen-bond donors (Lipinski definition) is 6. The van der Waals surface area contributed by atoms with Gasteiger partial charge >= 0.3 is 0 Å². The van der Waals surface area contributed by atoms with Crippen molar-refractivity contribution in [3.05, 3.63) is 36.0 Å². The molecule has 0 saturated carbocycles. The summed E-state index contributed by atoms with van der Waals surface area (Å²) in [6, 6.07) is -0.474. The minimum atomic E-state index is -1.17. The molecular formula is C49H73N9O8. The quantitative estimate of drug-likeness (QED) is 0.219. The van der Waals surface area contributed by atoms with Crippen molar-refractivity contribution in [2.24, 2.45) is 23.7 Å². The maximum atomic E-state index is 14.7. The van der Waals surface area contributed by atoms with Gasteiger partial charge in [0.1, 0.15) is 48.3 Å². The summed E-state index contributed by atoms with van der Waals surface area (Å²) in [6.45, 7) is 15.8. The average Bonchev–Trinajstić information content (AvgIpc) is 4.14. The molecule has 0 aliphatic carbocycles. The number of carbonyl (C=O) groups excluding carboxylic acids is 8. The van der Waals surface area contributed by atoms with Gasteiger partial charge in [-0.15, -0.1) is 0 Å². The highest BCUT2D eigenvalue weighted by Gasteiger charge is 2.45. The van der Waals surface area contributed by atoms with Crippen LogP contribution in [0.3, 0.4) is 0 Å². The van der Waals surface area contributed by atoms with Crippen molar-refractivity contribution in [1.29, 1.82) is 0 Å². The number of para-hydroxylation sites is 1. The van der Waals surface area contributed by atoms with Gasteiger partial charge in [0.15, 0.2) is 0 Å². The number of amides is 8. The van der Waals surface area contributed by atoms with Crippen molar-refractivity contribution in [2.45, 2.75) is 168 Å². The van der Waals surface area contributed by atoms with Gasteiger partial charge in [0.05, 0.1) is 0 Å². The summed E-state index contributed by atoms with van der Waals surface area (Å²) in [4.78, 5) is 124. The second-order valence-corrected chi connectivity index (χ2v) is 19.9. The van der Waals surface area contributed by atoms with Gasteiger partial charge < -0.3 is 46.3 Å². The molecule has 5 heterocycles. The number of aromatic nitrogens is 1. The summed E-state index contributed by atoms with van der Waals surface area (Å²) >= 11 is 0. The molecule has 0 radical (unpaired) electrons. The summed E-state index contributed by atoms with van der Waals surface area (Å²) in [7, 11) is 0. The number of benzene rings is 1. The lowest BCUT2D eigenvalue weighted by atomic mass is 9.95. The number of H-pyrrole nitrogens is 1. The lowest BCUT2D eigenvalue weighted by Crippen LogP contribution is -2.62. The summed E-state index contributed by atoms with van der Waals surface area (Å²) < 4.78 is 0. The van der Waals surface area contributed by atoms with E-state index < -0.39 is 102 Å². The van der Waals surface area contributed by atoms with E-state index in [0.717, 1.165) is 16.5 Å². The Balaban J connectivity index is 1.40. The first-order chi connectivity index (χ1) is 31.4. The molecule has 17 nitrogen and oxygen atoms in total. The van der Waals surface area contributed by atoms with Crippen LogP contribution in [-0.4, -0.2) is 135 Å². The number of aromatic amines is 1. The molecule has 362 valence electrons. The molecule has 4 fully saturated rings. The van der Waals surface area contributed by atoms with E-state index >= 15 is 0 Å². The van der Waals surface area contributed by atoms with Crippen molar-refractivity contribution >= 4 is 58.2 Å². The van der Waals surface area contributed by atoms with Gasteiger partial charge in [0.2, 0.25) is 47.3 Å². The Morgan fingerprint density at radius 2 is 1.02 bits per heavy atom. The summed E-state index contributed by atoms with van der Waals surface area (Å²) in [6.07, 6.45) is 5.78. The molecule has 17 heteroatoms. The van der Waals surface area contributed by atoms with Crippen LogP contribution in [0, 0.1) is 23.7 Å². The SMILES string of the molecule is CC[C@H](C)[C@@H]1NC(=O)[C@@H]2CCCN2C(=O)[C@H]([C@@H](C)CC)NC(=O)[C@@H]2CCCN2C(=O)[C@H](CC(C)C)NC(=O)[C@H](Cc2c[nH]c3ccccc23)NC(=O)[C@@H]2CCCN2C(=O)[C@H](C(C)C)NC1=O. The number of carbonyl (C=O) groups is 8. The van der Waals surface area contributed by atoms with Gasteiger partial charge in [-0.25, -0.2) is 0 Å². The van der Waals surface area contributed by atoms with Crippen LogP contribution in [-0.2, 0) is 44.8 Å². The van der Waals surface area contributed by atoms with Gasteiger partial charge in [-0.2, -0.15) is 0 Å². The Labute approximate surface area is 389 Å². The van der Waals surface area contributed by atoms with E-state index in [-0.39, 0.29) is 50.2 Å². The van der Waals surface area contributed by atoms with Crippen molar-refractivity contribution in [3.63, 3.8) is 0 Å². The summed E-state index contributed by atoms with van der Waals surface area (Å²) in [5.41, 5.74) is 1.61. The molecule has 4 aliphatic heterocycles. The smallest absolute Gasteiger partial charge is 0.246 e. The fraction of sp³-hybridized carbons (Fsp3) is 0.673. The van der Waals surface area contributed by atoms with Gasteiger partial charge in [-0.3, -0.25) is 38.4 Å². The van der Waals surface area contributed by atoms with Gasteiger partial charge in [0, 0.05) is 43.2 Å². The molecule has 1 aromatic heterocycles. The van der Waals surface area contributed by atoms with Gasteiger partial charge in [0.25, 0.3) is 0 Å². The van der Waals surface area contributed by atoms with Crippen molar-refractivity contribution in [3.8, 4) is 0 Å². The monoisotopic (exact) mass is 916 g/mol. The van der Waals surface area contributed by atoms with Crippen LogP contribution in [0.4, 0.5) is 0 Å². The van der Waals surface area contributed by atoms with Crippen molar-refractivity contribution in [2.75, 3.05) is 19.6 Å². The molecule has 0 spiro atoms. The third-order valence-electron chi connectivity index (χ3n) is 14.4. The topological polar surface area (TPSA) is 222 Å². The highest BCUT2D eigenvalue weighted by molar-refractivity contribution is 6.00. The highest BCUT2D eigenvalue weighted by Crippen LogP contribution is 2.27. The molecule has 0 bridgehead atoms. The van der Waals surface area contributed by atoms with E-state index in [0.29, 0.717) is 51.4 Å². The molecule has 4 saturated heterocycles. The average molecular weight is 916 g/mol. The second kappa shape index (κ2) is 21.9. The zero-order valence-electron chi connectivity index (χ0n) is 40.1. The van der Waals surface area contributed by atoms with E-state index in [9.17, 15) is 38.4 Å². The fourth-order valence-electron chi connectivity index (χ4n) is 10.1. The molecule has 0 unspecified atom stereocenters. The second-order valence-electron chi connectivity index (χ2n) is 19.9. The van der Waals surface area contributed by atoms with Crippen molar-refractivity contribution in [1.82, 2.24) is 46.3 Å². The van der Waals surface area contributed by atoms with Crippen LogP contribution in [0.5, 0.6) is 0 Å². The third kappa shape index (κ3) is 11.0. The number of rotatable bonds is 9. The Bertz CT molecular complexity index is 2120. The largest absolute Gasteiger partial charge is 0.361 e. The first-order valence-electron chi connectivity index (χ1n) is 24.4. The van der Waals surface area contributed by atoms with E-state index in [2.05, 4.69) is 31.6 Å². The van der Waals surface area contributed by atoms with Crippen LogP contribution in [0.1, 0.15) is 119 Å². The molecular weight excluding hydrogens is 843 g/mol. The molecule has 8 amide bonds. The van der Waals surface area contributed by atoms with E-state index in [1.165, 1.54) is 14.7 Å². The number of hydrogen-bond acceptors (Lipinski definition) is 8. The number of fused-ring (bicyclic) bond motifs is 4. The molecule has 6 rings (SSSR count). The fourth-order valence-corrected chi connectivity index (χ4v) is 10.1. The molecule has 4 aliphatic rings. The van der Waals surface area contributed by atoms with Crippen molar-refractivity contribution < 1.29 is 38.4 Å². The zero-order chi connectivity index (χ0) is 48.0. The molecule has 6 N–H and O–H groups in total. The molecule has 10 atom stereocenters. The summed E-state index contributed by atoms with van der Waals surface area (Å²) in [5, 5.41) is 15.7. The predicted molar refractivity (Wildman–Crippen MR) is 249 cm³/mol. The van der Waals surface area contributed by atoms with E-state index in [1.54, 1.807) is 20.0 Å². The third-order valence-corrected chi connectivity index (χ3v) is 14.4. The highest BCUT2D eigenvalue weighted by atomic mass is 16.2. The Morgan fingerprint density at radius 1 is 0.545 bits per heavy atom. The van der Waals surface area contributed by atoms with Crippen LogP contribution in [0.15, 0.2) is 30.5 Å². The normalized spacial score (nSPS) is 28.9. The molecule has 2 aromatic rings. The predicted octanol–water partition coefficient (Wildman–Crippen LogP) is 2.92. The lowest BCUT2D eigenvalue weighted by molar-refractivity contribution is -0.146. The maximum absolute atomic E-state index is 14.7. The standard InChI is InChI=1S/C49H73N9O8/c1-9-29(7)40-46(63)53-39(28(5)6)48(65)57-22-14-18-36(57)43(60)51-34(25-31-26-50-33-17-12-11-16-32(31)33)42(59)52-35(24-27(3)4)47(64)56-21-13-19-37(56)45(62)55-41(30(8)10-2)49(66)58-23-15-20-38(58)44(61)54-40/h11-12,16-17,26-30,34-41,50H,9-10,13-15,18-25H2,1-8H3,(H,51,60)(H,52,59)(H,53,63)(H,54,61)(H,55,62)/t29-,30-,34-,35-,36-,37-,38-,39-,40-,41-/m0/s1. The summed E-state index contributed by atoms with van der Waals surface area (Å²) in [5.74, 6) is -5.10. The van der Waals surface area contributed by atoms with Gasteiger partial charge in [-0.05, 0) is 80.2 Å². The van der Waals surface area contributed by atoms with Crippen LogP contribution < -0.4 is 26.6 Å². The Hall–Kier alpha value is -5.48. The number of nitrogens with one attached hydrogen (secondary N) is 6. The van der Waals surface area contributed by atoms with Crippen LogP contribution >= 0.6 is 0 Å². The first-order valence-corrected chi connectivity index (χ1v) is 24.4. The lowest BCUT2D eigenvalue weighted by Gasteiger charge is -2.35. The maximum Gasteiger partial charge on any atom is 0.246 e. The van der Waals surface area contributed by atoms with Gasteiger partial charge in [-0.1, -0.05) is 86.4 Å². The molecule has 1 aromatic carbocycles. The number of nitrogens with zero attached hydrogens (tertiary/aromatic N) is 3. The minimum Gasteiger partial charge on any atom is -0.361 e. The zero-order valence-corrected chi connectivity index (χ0v) is 40.1. The van der Waals surface area contributed by atoms with E-state index in [1.807, 2.05) is 65.8 Å². The first kappa shape index (κ1) is 49.9. The van der Waals surface area contributed by atoms with Crippen LogP contribution in [0.25, 0.3) is 10.9 Å². The van der Waals surface area contributed by atoms with E-state index in [4.69, 9.17) is 0 Å². The molecule has 66 heavy (non-hydrogen) atoms. The Kier molecular flexibility index (Phi) is 16.6.